The number of nitrogens with zero attached hydrogens (tertiary/aromatic N) is 1. The lowest BCUT2D eigenvalue weighted by molar-refractivity contribution is -0.144. The number of esters is 1. The Kier molecular flexibility index (Phi) is 2.94. The molecule has 1 heterocycles. The normalized spacial score (nSPS) is 11.8. The molecule has 0 spiro atoms. The highest BCUT2D eigenvalue weighted by Gasteiger charge is 2.35. The summed E-state index contributed by atoms with van der Waals surface area (Å²) in [5.41, 5.74) is -0.222. The molecule has 0 aliphatic rings. The zero-order valence-electron chi connectivity index (χ0n) is 8.93. The molecule has 0 fully saturated rings. The van der Waals surface area contributed by atoms with Crippen LogP contribution in [-0.4, -0.2) is 23.0 Å². The molecule has 18 heavy (non-hydrogen) atoms. The van der Waals surface area contributed by atoms with Crippen molar-refractivity contribution in [2.45, 2.75) is 6.18 Å². The van der Waals surface area contributed by atoms with E-state index in [2.05, 4.69) is 14.7 Å². The lowest BCUT2D eigenvalue weighted by atomic mass is 10.2. The van der Waals surface area contributed by atoms with Crippen molar-refractivity contribution >= 4 is 28.6 Å². The SMILES string of the molecule is COC(=O)c1cc(Cl)cc2[nH]c(C(F)(F)F)nc12. The maximum Gasteiger partial charge on any atom is 0.449 e. The van der Waals surface area contributed by atoms with Crippen molar-refractivity contribution in [2.24, 2.45) is 0 Å². The number of hydrogen-bond acceptors (Lipinski definition) is 3. The molecule has 0 aliphatic carbocycles. The van der Waals surface area contributed by atoms with Gasteiger partial charge in [0.15, 0.2) is 0 Å². The molecule has 8 heteroatoms. The number of nitrogens with one attached hydrogen (secondary N) is 1. The molecule has 96 valence electrons. The van der Waals surface area contributed by atoms with E-state index in [1.165, 1.54) is 12.1 Å². The van der Waals surface area contributed by atoms with Gasteiger partial charge in [-0.05, 0) is 12.1 Å². The van der Waals surface area contributed by atoms with Gasteiger partial charge in [-0.25, -0.2) is 9.78 Å². The number of rotatable bonds is 1. The summed E-state index contributed by atoms with van der Waals surface area (Å²) < 4.78 is 42.0. The number of alkyl halides is 3. The van der Waals surface area contributed by atoms with E-state index in [0.29, 0.717) is 0 Å². The standard InChI is InChI=1S/C10H6ClF3N2O2/c1-18-8(17)5-2-4(11)3-6-7(5)16-9(15-6)10(12,13)14/h2-3H,1H3,(H,15,16). The van der Waals surface area contributed by atoms with E-state index in [-0.39, 0.29) is 21.6 Å². The summed E-state index contributed by atoms with van der Waals surface area (Å²) >= 11 is 5.71. The largest absolute Gasteiger partial charge is 0.465 e. The lowest BCUT2D eigenvalue weighted by Gasteiger charge is -2.00. The fourth-order valence-corrected chi connectivity index (χ4v) is 1.70. The first-order valence-electron chi connectivity index (χ1n) is 4.67. The number of imidazole rings is 1. The van der Waals surface area contributed by atoms with Crippen LogP contribution in [0.4, 0.5) is 13.2 Å². The van der Waals surface area contributed by atoms with Crippen LogP contribution in [0.3, 0.4) is 0 Å². The van der Waals surface area contributed by atoms with Gasteiger partial charge in [-0.1, -0.05) is 11.6 Å². The molecule has 0 atom stereocenters. The minimum absolute atomic E-state index is 0.0234. The number of H-pyrrole nitrogens is 1. The summed E-state index contributed by atoms with van der Waals surface area (Å²) in [6.45, 7) is 0. The summed E-state index contributed by atoms with van der Waals surface area (Å²) in [5.74, 6) is -1.99. The molecule has 1 aromatic heterocycles. The summed E-state index contributed by atoms with van der Waals surface area (Å²) in [4.78, 5) is 16.8. The summed E-state index contributed by atoms with van der Waals surface area (Å²) in [6.07, 6.45) is -4.63. The number of fused-ring (bicyclic) bond motifs is 1. The first-order chi connectivity index (χ1) is 8.32. The molecular weight excluding hydrogens is 273 g/mol. The summed E-state index contributed by atoms with van der Waals surface area (Å²) in [6, 6.07) is 2.46. The number of carbonyl (C=O) groups is 1. The second kappa shape index (κ2) is 4.16. The molecule has 0 unspecified atom stereocenters. The molecule has 0 saturated carbocycles. The topological polar surface area (TPSA) is 55.0 Å². The maximum atomic E-state index is 12.5. The van der Waals surface area contributed by atoms with Crippen LogP contribution in [0.1, 0.15) is 16.2 Å². The smallest absolute Gasteiger partial charge is 0.449 e. The highest BCUT2D eigenvalue weighted by Crippen LogP contribution is 2.31. The van der Waals surface area contributed by atoms with Crippen molar-refractivity contribution in [3.8, 4) is 0 Å². The lowest BCUT2D eigenvalue weighted by Crippen LogP contribution is -2.07. The number of methoxy groups -OCH3 is 1. The molecule has 4 nitrogen and oxygen atoms in total. The van der Waals surface area contributed by atoms with Crippen molar-refractivity contribution in [2.75, 3.05) is 7.11 Å². The Hall–Kier alpha value is -1.76. The van der Waals surface area contributed by atoms with Crippen molar-refractivity contribution < 1.29 is 22.7 Å². The van der Waals surface area contributed by atoms with E-state index in [0.717, 1.165) is 7.11 Å². The van der Waals surface area contributed by atoms with Gasteiger partial charge < -0.3 is 9.72 Å². The monoisotopic (exact) mass is 278 g/mol. The van der Waals surface area contributed by atoms with Gasteiger partial charge in [0.1, 0.15) is 5.52 Å². The van der Waals surface area contributed by atoms with Crippen molar-refractivity contribution in [1.82, 2.24) is 9.97 Å². The van der Waals surface area contributed by atoms with Gasteiger partial charge in [0.25, 0.3) is 0 Å². The highest BCUT2D eigenvalue weighted by atomic mass is 35.5. The van der Waals surface area contributed by atoms with Gasteiger partial charge in [-0.2, -0.15) is 13.2 Å². The Balaban J connectivity index is 2.72. The van der Waals surface area contributed by atoms with Crippen LogP contribution in [0.5, 0.6) is 0 Å². The molecule has 1 aromatic carbocycles. The molecule has 0 amide bonds. The summed E-state index contributed by atoms with van der Waals surface area (Å²) in [7, 11) is 1.12. The third-order valence-electron chi connectivity index (χ3n) is 2.23. The number of hydrogen-bond donors (Lipinski definition) is 1. The van der Waals surface area contributed by atoms with Gasteiger partial charge in [-0.15, -0.1) is 0 Å². The number of carbonyl (C=O) groups excluding carboxylic acids is 1. The van der Waals surface area contributed by atoms with Crippen LogP contribution >= 0.6 is 11.6 Å². The fourth-order valence-electron chi connectivity index (χ4n) is 1.48. The van der Waals surface area contributed by atoms with Crippen LogP contribution in [0.15, 0.2) is 12.1 Å². The minimum atomic E-state index is -4.63. The average Bonchev–Trinajstić information content (AvgIpc) is 2.70. The Morgan fingerprint density at radius 3 is 2.67 bits per heavy atom. The van der Waals surface area contributed by atoms with Gasteiger partial charge in [0.05, 0.1) is 18.2 Å². The van der Waals surface area contributed by atoms with E-state index in [9.17, 15) is 18.0 Å². The van der Waals surface area contributed by atoms with Crippen molar-refractivity contribution in [1.29, 1.82) is 0 Å². The first-order valence-corrected chi connectivity index (χ1v) is 5.05. The second-order valence-electron chi connectivity index (χ2n) is 3.42. The number of halogens is 4. The molecule has 0 saturated heterocycles. The maximum absolute atomic E-state index is 12.5. The minimum Gasteiger partial charge on any atom is -0.465 e. The zero-order chi connectivity index (χ0) is 13.5. The Bertz CT molecular complexity index is 621. The van der Waals surface area contributed by atoms with Crippen LogP contribution in [-0.2, 0) is 10.9 Å². The van der Waals surface area contributed by atoms with Gasteiger partial charge in [-0.3, -0.25) is 0 Å². The van der Waals surface area contributed by atoms with Crippen molar-refractivity contribution in [3.63, 3.8) is 0 Å². The van der Waals surface area contributed by atoms with Crippen LogP contribution in [0.25, 0.3) is 11.0 Å². The van der Waals surface area contributed by atoms with Crippen molar-refractivity contribution in [3.05, 3.63) is 28.5 Å². The van der Waals surface area contributed by atoms with Crippen LogP contribution in [0.2, 0.25) is 5.02 Å². The van der Waals surface area contributed by atoms with E-state index in [1.54, 1.807) is 0 Å². The molecule has 1 N–H and O–H groups in total. The molecule has 2 rings (SSSR count). The van der Waals surface area contributed by atoms with E-state index in [1.807, 2.05) is 0 Å². The molecule has 0 bridgehead atoms. The number of benzene rings is 1. The Morgan fingerprint density at radius 1 is 1.44 bits per heavy atom. The first kappa shape index (κ1) is 12.7. The molecular formula is C10H6ClF3N2O2. The van der Waals surface area contributed by atoms with Gasteiger partial charge >= 0.3 is 12.1 Å². The molecule has 0 radical (unpaired) electrons. The van der Waals surface area contributed by atoms with E-state index >= 15 is 0 Å². The average molecular weight is 279 g/mol. The predicted octanol–water partition coefficient (Wildman–Crippen LogP) is 3.02. The predicted molar refractivity (Wildman–Crippen MR) is 57.4 cm³/mol. The van der Waals surface area contributed by atoms with E-state index in [4.69, 9.17) is 11.6 Å². The zero-order valence-corrected chi connectivity index (χ0v) is 9.69. The highest BCUT2D eigenvalue weighted by molar-refractivity contribution is 6.31. The Labute approximate surface area is 104 Å². The summed E-state index contributed by atoms with van der Waals surface area (Å²) in [5, 5.41) is 0.111. The second-order valence-corrected chi connectivity index (χ2v) is 3.86. The van der Waals surface area contributed by atoms with E-state index < -0.39 is 18.0 Å². The third-order valence-corrected chi connectivity index (χ3v) is 2.44. The number of aromatic nitrogens is 2. The molecule has 2 aromatic rings. The van der Waals surface area contributed by atoms with Crippen LogP contribution in [0, 0.1) is 0 Å². The Morgan fingerprint density at radius 2 is 2.11 bits per heavy atom. The third kappa shape index (κ3) is 2.13. The van der Waals surface area contributed by atoms with Gasteiger partial charge in [0.2, 0.25) is 5.82 Å². The van der Waals surface area contributed by atoms with Gasteiger partial charge in [0, 0.05) is 5.02 Å². The number of ether oxygens (including phenoxy) is 1. The fraction of sp³-hybridized carbons (Fsp3) is 0.200. The van der Waals surface area contributed by atoms with Crippen LogP contribution < -0.4 is 0 Å². The molecule has 0 aliphatic heterocycles. The quantitative estimate of drug-likeness (QED) is 0.816. The number of aromatic amines is 1.